The largest absolute Gasteiger partial charge is 0.383 e. The molecule has 5 N–H and O–H groups in total. The monoisotopic (exact) mass is 418 g/mol. The summed E-state index contributed by atoms with van der Waals surface area (Å²) in [5, 5.41) is 14.9. The molecule has 1 aromatic carbocycles. The number of halogens is 1. The molecular formula is C18H19FN6O3S. The summed E-state index contributed by atoms with van der Waals surface area (Å²) in [6.45, 7) is 1.60. The first-order chi connectivity index (χ1) is 13.8. The second kappa shape index (κ2) is 7.41. The number of aliphatic hydroxyl groups is 1. The van der Waals surface area contributed by atoms with Crippen molar-refractivity contribution >= 4 is 33.9 Å². The molecule has 2 unspecified atom stereocenters. The zero-order valence-electron chi connectivity index (χ0n) is 15.4. The van der Waals surface area contributed by atoms with Gasteiger partial charge in [-0.15, -0.1) is 0 Å². The van der Waals surface area contributed by atoms with Crippen LogP contribution in [0.1, 0.15) is 48.4 Å². The van der Waals surface area contributed by atoms with Crippen LogP contribution in [0.5, 0.6) is 0 Å². The van der Waals surface area contributed by atoms with Gasteiger partial charge in [-0.05, 0) is 44.0 Å². The van der Waals surface area contributed by atoms with Crippen LogP contribution < -0.4 is 16.4 Å². The summed E-state index contributed by atoms with van der Waals surface area (Å²) < 4.78 is 18.5. The van der Waals surface area contributed by atoms with Crippen molar-refractivity contribution in [3.63, 3.8) is 0 Å². The number of rotatable bonds is 7. The number of carbonyl (C=O) groups excluding carboxylic acids is 1. The first kappa shape index (κ1) is 19.3. The molecule has 1 saturated carbocycles. The van der Waals surface area contributed by atoms with Gasteiger partial charge in [-0.1, -0.05) is 16.5 Å². The maximum Gasteiger partial charge on any atom is 0.261 e. The maximum absolute atomic E-state index is 13.3. The number of hydrogen-bond acceptors (Lipinski definition) is 9. The van der Waals surface area contributed by atoms with Crippen LogP contribution in [0.2, 0.25) is 0 Å². The standard InChI is InChI=1S/C18H19FN6O3S/c1-8(15(21)27)25(11-6-4-10(19)5-7-11)18-22-14(20)13(29-18)12(26)17-23-16(24-28-17)9-2-3-9/h4-9,12,26H,2-3,20H2,1H3,(H2,21,27). The van der Waals surface area contributed by atoms with Gasteiger partial charge in [0.15, 0.2) is 17.1 Å². The summed E-state index contributed by atoms with van der Waals surface area (Å²) in [7, 11) is 0. The molecule has 29 heavy (non-hydrogen) atoms. The Kier molecular flexibility index (Phi) is 4.92. The van der Waals surface area contributed by atoms with E-state index in [-0.39, 0.29) is 17.6 Å². The third kappa shape index (κ3) is 3.78. The van der Waals surface area contributed by atoms with E-state index in [0.29, 0.717) is 21.5 Å². The molecule has 1 aliphatic carbocycles. The van der Waals surface area contributed by atoms with E-state index in [1.165, 1.54) is 29.2 Å². The highest BCUT2D eigenvalue weighted by atomic mass is 32.1. The van der Waals surface area contributed by atoms with Crippen LogP contribution in [0.3, 0.4) is 0 Å². The number of nitrogens with zero attached hydrogens (tertiary/aromatic N) is 4. The van der Waals surface area contributed by atoms with Gasteiger partial charge < -0.3 is 26.0 Å². The van der Waals surface area contributed by atoms with Gasteiger partial charge in [0.1, 0.15) is 17.7 Å². The molecular weight excluding hydrogens is 399 g/mol. The predicted octanol–water partition coefficient (Wildman–Crippen LogP) is 2.22. The second-order valence-electron chi connectivity index (χ2n) is 6.84. The van der Waals surface area contributed by atoms with Gasteiger partial charge >= 0.3 is 0 Å². The average molecular weight is 418 g/mol. The summed E-state index contributed by atoms with van der Waals surface area (Å²) >= 11 is 1.06. The second-order valence-corrected chi connectivity index (χ2v) is 7.85. The van der Waals surface area contributed by atoms with Crippen molar-refractivity contribution in [1.29, 1.82) is 0 Å². The van der Waals surface area contributed by atoms with E-state index >= 15 is 0 Å². The van der Waals surface area contributed by atoms with E-state index in [1.807, 2.05) is 0 Å². The molecule has 1 amide bonds. The van der Waals surface area contributed by atoms with Gasteiger partial charge in [-0.25, -0.2) is 9.37 Å². The number of thiazole rings is 1. The molecule has 3 aromatic rings. The molecule has 1 aliphatic rings. The lowest BCUT2D eigenvalue weighted by molar-refractivity contribution is -0.118. The van der Waals surface area contributed by atoms with Gasteiger partial charge in [0.25, 0.3) is 5.89 Å². The number of amides is 1. The number of hydrogen-bond donors (Lipinski definition) is 3. The van der Waals surface area contributed by atoms with E-state index in [9.17, 15) is 14.3 Å². The molecule has 4 rings (SSSR count). The van der Waals surface area contributed by atoms with Crippen molar-refractivity contribution in [1.82, 2.24) is 15.1 Å². The number of nitrogens with two attached hydrogens (primary N) is 2. The number of primary amides is 1. The van der Waals surface area contributed by atoms with Crippen molar-refractivity contribution in [3.05, 3.63) is 46.7 Å². The lowest BCUT2D eigenvalue weighted by Crippen LogP contribution is -2.39. The minimum atomic E-state index is -1.25. The van der Waals surface area contributed by atoms with Crippen molar-refractivity contribution in [2.24, 2.45) is 5.73 Å². The SMILES string of the molecule is CC(C(N)=O)N(c1ccc(F)cc1)c1nc(N)c(C(O)c2nc(C3CC3)no2)s1. The summed E-state index contributed by atoms with van der Waals surface area (Å²) in [4.78, 5) is 22.2. The highest BCUT2D eigenvalue weighted by molar-refractivity contribution is 7.16. The molecule has 0 spiro atoms. The van der Waals surface area contributed by atoms with E-state index in [2.05, 4.69) is 15.1 Å². The molecule has 9 nitrogen and oxygen atoms in total. The van der Waals surface area contributed by atoms with Gasteiger partial charge in [0.2, 0.25) is 5.91 Å². The average Bonchev–Trinajstić information content (AvgIpc) is 3.30. The maximum atomic E-state index is 13.3. The molecule has 152 valence electrons. The Labute approximate surface area is 169 Å². The van der Waals surface area contributed by atoms with Crippen LogP contribution in [0, 0.1) is 5.82 Å². The van der Waals surface area contributed by atoms with Gasteiger partial charge in [-0.3, -0.25) is 4.79 Å². The van der Waals surface area contributed by atoms with Crippen molar-refractivity contribution in [3.8, 4) is 0 Å². The third-order valence-electron chi connectivity index (χ3n) is 4.66. The van der Waals surface area contributed by atoms with Crippen LogP contribution in [0.15, 0.2) is 28.8 Å². The first-order valence-corrected chi connectivity index (χ1v) is 9.78. The number of aromatic nitrogens is 3. The van der Waals surface area contributed by atoms with Gasteiger partial charge in [-0.2, -0.15) is 4.98 Å². The molecule has 2 heterocycles. The fraction of sp³-hybridized carbons (Fsp3) is 0.333. The molecule has 11 heteroatoms. The van der Waals surface area contributed by atoms with Crippen LogP contribution >= 0.6 is 11.3 Å². The molecule has 0 radical (unpaired) electrons. The summed E-state index contributed by atoms with van der Waals surface area (Å²) in [6.07, 6.45) is 0.749. The van der Waals surface area contributed by atoms with Crippen molar-refractivity contribution in [2.75, 3.05) is 10.6 Å². The van der Waals surface area contributed by atoms with E-state index in [1.54, 1.807) is 6.92 Å². The number of aliphatic hydroxyl groups excluding tert-OH is 1. The Bertz CT molecular complexity index is 1030. The molecule has 0 aliphatic heterocycles. The Balaban J connectivity index is 1.68. The number of carbonyl (C=O) groups is 1. The minimum Gasteiger partial charge on any atom is -0.383 e. The minimum absolute atomic E-state index is 0.0325. The highest BCUT2D eigenvalue weighted by Crippen LogP contribution is 2.41. The van der Waals surface area contributed by atoms with Crippen molar-refractivity contribution < 1.29 is 18.8 Å². The molecule has 0 saturated heterocycles. The Morgan fingerprint density at radius 2 is 2.03 bits per heavy atom. The summed E-state index contributed by atoms with van der Waals surface area (Å²) in [6, 6.07) is 4.74. The highest BCUT2D eigenvalue weighted by Gasteiger charge is 2.32. The van der Waals surface area contributed by atoms with Gasteiger partial charge in [0.05, 0.1) is 4.88 Å². The van der Waals surface area contributed by atoms with E-state index < -0.39 is 23.9 Å². The number of nitrogen functional groups attached to an aromatic ring is 1. The molecule has 2 atom stereocenters. The normalized spacial score (nSPS) is 15.8. The smallest absolute Gasteiger partial charge is 0.261 e. The van der Waals surface area contributed by atoms with Crippen LogP contribution in [0.4, 0.5) is 21.0 Å². The van der Waals surface area contributed by atoms with E-state index in [0.717, 1.165) is 24.2 Å². The lowest BCUT2D eigenvalue weighted by Gasteiger charge is -2.26. The number of anilines is 3. The molecule has 2 aromatic heterocycles. The fourth-order valence-corrected chi connectivity index (χ4v) is 3.90. The van der Waals surface area contributed by atoms with Crippen LogP contribution in [-0.2, 0) is 4.79 Å². The zero-order chi connectivity index (χ0) is 20.7. The zero-order valence-corrected chi connectivity index (χ0v) is 16.3. The Morgan fingerprint density at radius 3 is 2.66 bits per heavy atom. The Hall–Kier alpha value is -3.05. The van der Waals surface area contributed by atoms with Crippen molar-refractivity contribution in [2.45, 2.75) is 37.8 Å². The number of benzene rings is 1. The predicted molar refractivity (Wildman–Crippen MR) is 104 cm³/mol. The van der Waals surface area contributed by atoms with Gasteiger partial charge in [0, 0.05) is 11.6 Å². The third-order valence-corrected chi connectivity index (χ3v) is 5.78. The summed E-state index contributed by atoms with van der Waals surface area (Å²) in [5.74, 6) is -0.0798. The first-order valence-electron chi connectivity index (χ1n) is 8.97. The molecule has 1 fully saturated rings. The van der Waals surface area contributed by atoms with Crippen LogP contribution in [-0.4, -0.2) is 32.2 Å². The fourth-order valence-electron chi connectivity index (χ4n) is 2.84. The van der Waals surface area contributed by atoms with Crippen LogP contribution in [0.25, 0.3) is 0 Å². The topological polar surface area (TPSA) is 144 Å². The van der Waals surface area contributed by atoms with E-state index in [4.69, 9.17) is 16.0 Å². The quantitative estimate of drug-likeness (QED) is 0.530. The summed E-state index contributed by atoms with van der Waals surface area (Å²) in [5.41, 5.74) is 12.0. The lowest BCUT2D eigenvalue weighted by atomic mass is 10.2. The Morgan fingerprint density at radius 1 is 1.34 bits per heavy atom. The molecule has 0 bridgehead atoms.